The maximum atomic E-state index is 11.6. The number of allylic oxidation sites excluding steroid dienone is 2. The SMILES string of the molecule is F.FC(F)(F)NC1=CCCC1.FC(F)F. The lowest BCUT2D eigenvalue weighted by molar-refractivity contribution is -0.149. The zero-order chi connectivity index (χ0) is 11.2. The topological polar surface area (TPSA) is 12.0 Å². The second kappa shape index (κ2) is 7.36. The van der Waals surface area contributed by atoms with Gasteiger partial charge in [0.15, 0.2) is 0 Å². The molecule has 92 valence electrons. The number of nitrogens with one attached hydrogen (secondary N) is 1. The summed E-state index contributed by atoms with van der Waals surface area (Å²) >= 11 is 0. The lowest BCUT2D eigenvalue weighted by Crippen LogP contribution is -2.29. The molecule has 15 heavy (non-hydrogen) atoms. The summed E-state index contributed by atoms with van der Waals surface area (Å²) in [5.74, 6) is 0. The molecular weight excluding hydrogens is 231 g/mol. The maximum Gasteiger partial charge on any atom is 0.482 e. The fourth-order valence-electron chi connectivity index (χ4n) is 0.966. The molecule has 0 spiro atoms. The third kappa shape index (κ3) is 13.1. The number of rotatable bonds is 1. The van der Waals surface area contributed by atoms with Crippen LogP contribution in [0.4, 0.5) is 31.0 Å². The van der Waals surface area contributed by atoms with Gasteiger partial charge in [-0.05, 0) is 19.3 Å². The summed E-state index contributed by atoms with van der Waals surface area (Å²) in [6.07, 6.45) is -0.542. The van der Waals surface area contributed by atoms with Crippen LogP contribution in [-0.4, -0.2) is 13.0 Å². The zero-order valence-corrected chi connectivity index (χ0v) is 7.45. The molecule has 1 rings (SSSR count). The van der Waals surface area contributed by atoms with Crippen molar-refractivity contribution in [1.29, 1.82) is 0 Å². The summed E-state index contributed by atoms with van der Waals surface area (Å²) in [6.45, 7) is -3.67. The molecule has 0 saturated carbocycles. The Kier molecular flexibility index (Phi) is 8.08. The smallest absolute Gasteiger partial charge is 0.302 e. The average molecular weight is 241 g/mol. The van der Waals surface area contributed by atoms with Gasteiger partial charge in [-0.2, -0.15) is 26.3 Å². The van der Waals surface area contributed by atoms with E-state index < -0.39 is 13.0 Å². The van der Waals surface area contributed by atoms with Crippen molar-refractivity contribution in [3.8, 4) is 0 Å². The lowest BCUT2D eigenvalue weighted by Gasteiger charge is -2.09. The minimum absolute atomic E-state index is 0. The van der Waals surface area contributed by atoms with Crippen LogP contribution in [0.2, 0.25) is 0 Å². The molecule has 0 fully saturated rings. The van der Waals surface area contributed by atoms with Gasteiger partial charge in [0.25, 0.3) is 0 Å². The van der Waals surface area contributed by atoms with Gasteiger partial charge in [-0.1, -0.05) is 6.08 Å². The van der Waals surface area contributed by atoms with Crippen LogP contribution in [0.25, 0.3) is 0 Å². The van der Waals surface area contributed by atoms with Crippen molar-refractivity contribution in [2.45, 2.75) is 32.2 Å². The predicted octanol–water partition coefficient (Wildman–Crippen LogP) is 3.49. The van der Waals surface area contributed by atoms with E-state index in [-0.39, 0.29) is 4.70 Å². The molecule has 1 N–H and O–H groups in total. The van der Waals surface area contributed by atoms with Crippen LogP contribution in [0.1, 0.15) is 19.3 Å². The quantitative estimate of drug-likeness (QED) is 0.547. The normalized spacial score (nSPS) is 15.0. The van der Waals surface area contributed by atoms with Crippen LogP contribution in [0, 0.1) is 0 Å². The molecule has 0 aliphatic heterocycles. The average Bonchev–Trinajstić information content (AvgIpc) is 2.33. The first kappa shape index (κ1) is 16.5. The second-order valence-corrected chi connectivity index (χ2v) is 2.49. The largest absolute Gasteiger partial charge is 0.482 e. The monoisotopic (exact) mass is 241 g/mol. The van der Waals surface area contributed by atoms with Crippen molar-refractivity contribution in [3.05, 3.63) is 11.8 Å². The van der Waals surface area contributed by atoms with E-state index in [9.17, 15) is 26.3 Å². The van der Waals surface area contributed by atoms with E-state index in [0.717, 1.165) is 12.8 Å². The third-order valence-corrected chi connectivity index (χ3v) is 1.34. The lowest BCUT2D eigenvalue weighted by atomic mass is 10.3. The first-order chi connectivity index (χ1) is 6.31. The third-order valence-electron chi connectivity index (χ3n) is 1.34. The van der Waals surface area contributed by atoms with Crippen LogP contribution in [0.5, 0.6) is 0 Å². The second-order valence-electron chi connectivity index (χ2n) is 2.49. The van der Waals surface area contributed by atoms with E-state index in [1.165, 1.54) is 5.32 Å². The van der Waals surface area contributed by atoms with Gasteiger partial charge >= 0.3 is 13.0 Å². The van der Waals surface area contributed by atoms with Gasteiger partial charge in [-0.3, -0.25) is 4.70 Å². The Labute approximate surface area is 81.5 Å². The summed E-state index contributed by atoms with van der Waals surface area (Å²) in [5.41, 5.74) is 0.313. The highest BCUT2D eigenvalue weighted by Gasteiger charge is 2.28. The Balaban J connectivity index is 0. The summed E-state index contributed by atoms with van der Waals surface area (Å²) in [4.78, 5) is 0. The first-order valence-electron chi connectivity index (χ1n) is 3.77. The Morgan fingerprint density at radius 2 is 1.67 bits per heavy atom. The van der Waals surface area contributed by atoms with Crippen molar-refractivity contribution >= 4 is 0 Å². The Morgan fingerprint density at radius 1 is 1.20 bits per heavy atom. The summed E-state index contributed by atoms with van der Waals surface area (Å²) in [5, 5.41) is 1.48. The standard InChI is InChI=1S/C6H8F3N.CHF3.FH/c7-6(8,9)10-5-3-1-2-4-5;2-1(3)4;/h3,10H,1-2,4H2;1H;1H. The van der Waals surface area contributed by atoms with E-state index in [1.54, 1.807) is 6.08 Å². The zero-order valence-electron chi connectivity index (χ0n) is 7.45. The highest BCUT2D eigenvalue weighted by molar-refractivity contribution is 5.05. The van der Waals surface area contributed by atoms with Crippen LogP contribution < -0.4 is 5.32 Å². The highest BCUT2D eigenvalue weighted by Crippen LogP contribution is 2.20. The maximum absolute atomic E-state index is 11.6. The van der Waals surface area contributed by atoms with Gasteiger partial charge < -0.3 is 5.32 Å². The molecule has 0 radical (unpaired) electrons. The van der Waals surface area contributed by atoms with E-state index >= 15 is 0 Å². The van der Waals surface area contributed by atoms with Crippen LogP contribution in [-0.2, 0) is 0 Å². The molecule has 0 saturated heterocycles. The fraction of sp³-hybridized carbons (Fsp3) is 0.714. The molecule has 1 nitrogen and oxygen atoms in total. The van der Waals surface area contributed by atoms with Crippen LogP contribution >= 0.6 is 0 Å². The molecule has 0 aromatic rings. The number of halogens is 7. The van der Waals surface area contributed by atoms with Crippen molar-refractivity contribution in [3.63, 3.8) is 0 Å². The first-order valence-corrected chi connectivity index (χ1v) is 3.77. The highest BCUT2D eigenvalue weighted by atomic mass is 19.4. The van der Waals surface area contributed by atoms with Gasteiger partial charge in [-0.25, -0.2) is 0 Å². The van der Waals surface area contributed by atoms with Crippen LogP contribution in [0.15, 0.2) is 11.8 Å². The molecule has 0 aromatic heterocycles. The molecule has 8 heteroatoms. The van der Waals surface area contributed by atoms with Crippen LogP contribution in [0.3, 0.4) is 0 Å². The van der Waals surface area contributed by atoms with Crippen molar-refractivity contribution in [2.24, 2.45) is 0 Å². The molecule has 0 amide bonds. The fourth-order valence-corrected chi connectivity index (χ4v) is 0.966. The van der Waals surface area contributed by atoms with E-state index in [4.69, 9.17) is 0 Å². The predicted molar refractivity (Wildman–Crippen MR) is 40.7 cm³/mol. The van der Waals surface area contributed by atoms with E-state index in [2.05, 4.69) is 0 Å². The number of hydrogen-bond acceptors (Lipinski definition) is 1. The van der Waals surface area contributed by atoms with Crippen molar-refractivity contribution in [1.82, 2.24) is 5.32 Å². The van der Waals surface area contributed by atoms with Crippen molar-refractivity contribution < 1.29 is 31.0 Å². The van der Waals surface area contributed by atoms with Gasteiger partial charge in [0.05, 0.1) is 0 Å². The molecule has 0 heterocycles. The van der Waals surface area contributed by atoms with Crippen molar-refractivity contribution in [2.75, 3.05) is 0 Å². The number of alkyl halides is 6. The minimum Gasteiger partial charge on any atom is -0.302 e. The van der Waals surface area contributed by atoms with Gasteiger partial charge in [0.2, 0.25) is 0 Å². The Morgan fingerprint density at radius 3 is 1.93 bits per heavy atom. The molecule has 1 aliphatic carbocycles. The van der Waals surface area contributed by atoms with Gasteiger partial charge in [-0.15, -0.1) is 0 Å². The summed E-state index contributed by atoms with van der Waals surface area (Å²) < 4.78 is 63.7. The molecule has 0 unspecified atom stereocenters. The van der Waals surface area contributed by atoms with E-state index in [1.807, 2.05) is 0 Å². The number of hydrogen-bond donors (Lipinski definition) is 1. The van der Waals surface area contributed by atoms with Gasteiger partial charge in [0.1, 0.15) is 0 Å². The Bertz CT molecular complexity index is 184. The summed E-state index contributed by atoms with van der Waals surface area (Å²) in [7, 11) is 0. The molecule has 0 atom stereocenters. The minimum atomic E-state index is -4.25. The van der Waals surface area contributed by atoms with E-state index in [0.29, 0.717) is 12.1 Å². The van der Waals surface area contributed by atoms with Gasteiger partial charge in [0, 0.05) is 5.70 Å². The molecule has 0 aromatic carbocycles. The Hall–Kier alpha value is -0.950. The molecule has 0 bridgehead atoms. The molecule has 1 aliphatic rings. The summed E-state index contributed by atoms with van der Waals surface area (Å²) in [6, 6.07) is 0. The molecular formula is C7H10F7N.